The van der Waals surface area contributed by atoms with Gasteiger partial charge in [0, 0.05) is 56.7 Å². The number of halogens is 2. The van der Waals surface area contributed by atoms with Crippen LogP contribution >= 0.6 is 0 Å². The van der Waals surface area contributed by atoms with Gasteiger partial charge in [-0.1, -0.05) is 38.0 Å². The molecule has 0 radical (unpaired) electrons. The molecule has 0 atom stereocenters. The van der Waals surface area contributed by atoms with Crippen molar-refractivity contribution in [1.29, 1.82) is 0 Å². The van der Waals surface area contributed by atoms with Crippen LogP contribution in [0.25, 0.3) is 0 Å². The van der Waals surface area contributed by atoms with Gasteiger partial charge in [-0.25, -0.2) is 8.78 Å². The molecule has 2 aliphatic rings. The summed E-state index contributed by atoms with van der Waals surface area (Å²) in [7, 11) is 1.86. The summed E-state index contributed by atoms with van der Waals surface area (Å²) in [6, 6.07) is 7.68. The lowest BCUT2D eigenvalue weighted by atomic mass is 10.0. The molecule has 4 rings (SSSR count). The maximum atomic E-state index is 13.9. The molecule has 0 amide bonds. The number of nitrogens with one attached hydrogen (secondary N) is 1. The molecule has 2 aromatic carbocycles. The fourth-order valence-corrected chi connectivity index (χ4v) is 5.23. The van der Waals surface area contributed by atoms with E-state index in [1.165, 1.54) is 31.7 Å². The Hall–Kier alpha value is -2.73. The van der Waals surface area contributed by atoms with Crippen LogP contribution in [0, 0.1) is 31.4 Å². The molecule has 1 N–H and O–H groups in total. The molecule has 4 nitrogen and oxygen atoms in total. The van der Waals surface area contributed by atoms with E-state index in [9.17, 15) is 13.6 Å². The van der Waals surface area contributed by atoms with Crippen molar-refractivity contribution in [2.45, 2.75) is 59.4 Å². The summed E-state index contributed by atoms with van der Waals surface area (Å²) >= 11 is 0. The third-order valence-electron chi connectivity index (χ3n) is 7.40. The van der Waals surface area contributed by atoms with Gasteiger partial charge in [-0.3, -0.25) is 9.69 Å². The first-order chi connectivity index (χ1) is 17.4. The number of anilines is 1. The van der Waals surface area contributed by atoms with E-state index in [4.69, 9.17) is 0 Å². The lowest BCUT2D eigenvalue weighted by molar-refractivity contribution is 0.112. The molecule has 1 saturated carbocycles. The van der Waals surface area contributed by atoms with E-state index < -0.39 is 0 Å². The molecule has 0 bridgehead atoms. The zero-order chi connectivity index (χ0) is 26.1. The summed E-state index contributed by atoms with van der Waals surface area (Å²) in [5, 5.41) is 3.11. The smallest absolute Gasteiger partial charge is 0.150 e. The zero-order valence-electron chi connectivity index (χ0n) is 22.2. The van der Waals surface area contributed by atoms with Crippen LogP contribution in [0.15, 0.2) is 42.1 Å². The number of carbonyl (C=O) groups is 1. The quantitative estimate of drug-likeness (QED) is 0.431. The molecule has 36 heavy (non-hydrogen) atoms. The summed E-state index contributed by atoms with van der Waals surface area (Å²) in [5.74, 6) is 0.303. The maximum absolute atomic E-state index is 13.9. The van der Waals surface area contributed by atoms with Crippen LogP contribution in [0.5, 0.6) is 0 Å². The Kier molecular flexibility index (Phi) is 10.5. The van der Waals surface area contributed by atoms with Crippen molar-refractivity contribution in [3.63, 3.8) is 0 Å². The minimum absolute atomic E-state index is 0.150. The number of hydrogen-bond acceptors (Lipinski definition) is 4. The molecule has 196 valence electrons. The summed E-state index contributed by atoms with van der Waals surface area (Å²) in [5.41, 5.74) is 5.70. The van der Waals surface area contributed by atoms with Gasteiger partial charge in [0.1, 0.15) is 17.9 Å². The van der Waals surface area contributed by atoms with Crippen molar-refractivity contribution in [1.82, 2.24) is 9.80 Å². The second kappa shape index (κ2) is 13.5. The number of nitrogens with zero attached hydrogens (tertiary/aromatic N) is 2. The summed E-state index contributed by atoms with van der Waals surface area (Å²) in [6.07, 6.45) is 9.71. The fourth-order valence-electron chi connectivity index (χ4n) is 5.23. The topological polar surface area (TPSA) is 35.6 Å². The van der Waals surface area contributed by atoms with E-state index >= 15 is 0 Å². The van der Waals surface area contributed by atoms with E-state index in [2.05, 4.69) is 35.0 Å². The van der Waals surface area contributed by atoms with Crippen molar-refractivity contribution in [2.24, 2.45) is 5.92 Å². The Balaban J connectivity index is 0.000000303. The second-order valence-electron chi connectivity index (χ2n) is 9.90. The summed E-state index contributed by atoms with van der Waals surface area (Å²) < 4.78 is 26.5. The Labute approximate surface area is 215 Å². The van der Waals surface area contributed by atoms with Crippen LogP contribution in [-0.4, -0.2) is 49.3 Å². The Morgan fingerprint density at radius 2 is 1.75 bits per heavy atom. The van der Waals surface area contributed by atoms with Crippen molar-refractivity contribution in [3.05, 3.63) is 76.0 Å². The van der Waals surface area contributed by atoms with E-state index in [-0.39, 0.29) is 11.6 Å². The van der Waals surface area contributed by atoms with Crippen LogP contribution < -0.4 is 5.32 Å². The summed E-state index contributed by atoms with van der Waals surface area (Å²) in [6.45, 7) is 11.1. The van der Waals surface area contributed by atoms with Crippen molar-refractivity contribution >= 4 is 12.0 Å². The normalized spacial score (nSPS) is 17.1. The molecule has 0 unspecified atom stereocenters. The van der Waals surface area contributed by atoms with Gasteiger partial charge in [0.05, 0.1) is 0 Å². The predicted molar refractivity (Wildman–Crippen MR) is 144 cm³/mol. The maximum Gasteiger partial charge on any atom is 0.150 e. The summed E-state index contributed by atoms with van der Waals surface area (Å²) in [4.78, 5) is 15.2. The van der Waals surface area contributed by atoms with Crippen LogP contribution in [0.3, 0.4) is 0 Å². The number of aldehydes is 1. The average molecular weight is 498 g/mol. The highest BCUT2D eigenvalue weighted by atomic mass is 19.1. The average Bonchev–Trinajstić information content (AvgIpc) is 3.42. The van der Waals surface area contributed by atoms with Gasteiger partial charge in [0.25, 0.3) is 0 Å². The fraction of sp³-hybridized carbons (Fsp3) is 0.500. The predicted octanol–water partition coefficient (Wildman–Crippen LogP) is 6.72. The number of benzene rings is 2. The van der Waals surface area contributed by atoms with E-state index in [0.29, 0.717) is 17.4 Å². The monoisotopic (exact) mass is 497 g/mol. The van der Waals surface area contributed by atoms with Crippen LogP contribution in [-0.2, 0) is 6.54 Å². The number of carbonyl (C=O) groups excluding carboxylic acids is 1. The largest absolute Gasteiger partial charge is 0.388 e. The van der Waals surface area contributed by atoms with E-state index in [1.54, 1.807) is 36.9 Å². The van der Waals surface area contributed by atoms with Crippen LogP contribution in [0.1, 0.15) is 66.1 Å². The third kappa shape index (κ3) is 7.39. The molecule has 2 fully saturated rings. The lowest BCUT2D eigenvalue weighted by Gasteiger charge is -2.39. The van der Waals surface area contributed by atoms with Gasteiger partial charge in [-0.15, -0.1) is 0 Å². The molecule has 1 aliphatic carbocycles. The SMILES string of the molecule is CC/C=C(/C1CCCC1)N1CCN(Cc2cc(F)cc(NC)c2C)CC1.Cc1ccc(C=O)cc1F. The minimum Gasteiger partial charge on any atom is -0.388 e. The van der Waals surface area contributed by atoms with Gasteiger partial charge in [-0.2, -0.15) is 0 Å². The Bertz CT molecular complexity index is 1040. The highest BCUT2D eigenvalue weighted by Gasteiger charge is 2.26. The van der Waals surface area contributed by atoms with Crippen molar-refractivity contribution < 1.29 is 13.6 Å². The Morgan fingerprint density at radius 3 is 2.33 bits per heavy atom. The second-order valence-corrected chi connectivity index (χ2v) is 9.90. The number of rotatable bonds is 7. The van der Waals surface area contributed by atoms with Gasteiger partial charge in [0.15, 0.2) is 0 Å². The molecular formula is C30H41F2N3O. The minimum atomic E-state index is -0.329. The first-order valence-electron chi connectivity index (χ1n) is 13.2. The zero-order valence-corrected chi connectivity index (χ0v) is 22.2. The number of hydrogen-bond donors (Lipinski definition) is 1. The number of aryl methyl sites for hydroxylation is 1. The molecular weight excluding hydrogens is 456 g/mol. The van der Waals surface area contributed by atoms with Gasteiger partial charge in [-0.05, 0) is 73.9 Å². The van der Waals surface area contributed by atoms with Crippen LogP contribution in [0.2, 0.25) is 0 Å². The standard InChI is InChI=1S/C22H34FN3.C8H7FO/c1-4-7-22(18-8-5-6-9-18)26-12-10-25(11-13-26)16-19-14-20(23)15-21(24-3)17(19)2;1-6-2-3-7(5-10)4-8(6)9/h7,14-15,18,24H,4-6,8-13,16H2,1-3H3;2-5H,1H3/b22-7-;. The lowest BCUT2D eigenvalue weighted by Crippen LogP contribution is -2.46. The first-order valence-corrected chi connectivity index (χ1v) is 13.2. The third-order valence-corrected chi connectivity index (χ3v) is 7.40. The van der Waals surface area contributed by atoms with Crippen molar-refractivity contribution in [3.8, 4) is 0 Å². The molecule has 0 spiro atoms. The van der Waals surface area contributed by atoms with Crippen molar-refractivity contribution in [2.75, 3.05) is 38.5 Å². The van der Waals surface area contributed by atoms with Gasteiger partial charge in [0.2, 0.25) is 0 Å². The van der Waals surface area contributed by atoms with Gasteiger partial charge < -0.3 is 10.2 Å². The molecule has 2 aromatic rings. The van der Waals surface area contributed by atoms with Gasteiger partial charge >= 0.3 is 0 Å². The highest BCUT2D eigenvalue weighted by molar-refractivity contribution is 5.74. The highest BCUT2D eigenvalue weighted by Crippen LogP contribution is 2.34. The number of piperazine rings is 1. The molecule has 0 aromatic heterocycles. The molecule has 1 heterocycles. The number of allylic oxidation sites excluding steroid dienone is 2. The molecule has 1 aliphatic heterocycles. The molecule has 6 heteroatoms. The molecule has 1 saturated heterocycles. The Morgan fingerprint density at radius 1 is 1.06 bits per heavy atom. The van der Waals surface area contributed by atoms with E-state index in [1.807, 2.05) is 7.05 Å². The van der Waals surface area contributed by atoms with E-state index in [0.717, 1.165) is 61.9 Å². The van der Waals surface area contributed by atoms with Crippen LogP contribution in [0.4, 0.5) is 14.5 Å². The first kappa shape index (κ1) is 27.9.